The quantitative estimate of drug-likeness (QED) is 0.513. The van der Waals surface area contributed by atoms with Crippen LogP contribution in [0.4, 0.5) is 0 Å². The van der Waals surface area contributed by atoms with E-state index in [1.807, 2.05) is 38.1 Å². The van der Waals surface area contributed by atoms with Crippen molar-refractivity contribution in [3.05, 3.63) is 60.9 Å². The Labute approximate surface area is 156 Å². The summed E-state index contributed by atoms with van der Waals surface area (Å²) < 4.78 is 5.80. The molecule has 7 heteroatoms. The molecule has 2 heterocycles. The Morgan fingerprint density at radius 2 is 1.96 bits per heavy atom. The molecule has 0 radical (unpaired) electrons. The van der Waals surface area contributed by atoms with Gasteiger partial charge >= 0.3 is 5.97 Å². The number of carbonyl (C=O) groups is 1. The second-order valence-corrected chi connectivity index (χ2v) is 7.60. The van der Waals surface area contributed by atoms with Gasteiger partial charge in [-0.3, -0.25) is 4.79 Å². The molecule has 25 heavy (non-hydrogen) atoms. The largest absolute Gasteiger partial charge is 0.465 e. The van der Waals surface area contributed by atoms with E-state index in [4.69, 9.17) is 4.74 Å². The van der Waals surface area contributed by atoms with Crippen LogP contribution < -0.4 is 5.56 Å². The molecular weight excluding hydrogens is 404 g/mol. The summed E-state index contributed by atoms with van der Waals surface area (Å²) in [6, 6.07) is 7.43. The third kappa shape index (κ3) is 3.43. The number of aromatic amines is 1. The first-order valence-electron chi connectivity index (χ1n) is 7.46. The minimum Gasteiger partial charge on any atom is -0.465 e. The molecule has 0 unspecified atom stereocenters. The molecule has 5 nitrogen and oxygen atoms in total. The molecule has 128 valence electrons. The molecule has 0 fully saturated rings. The summed E-state index contributed by atoms with van der Waals surface area (Å²) in [5.74, 6) is -0.357. The molecule has 2 aromatic heterocycles. The van der Waals surface area contributed by atoms with Gasteiger partial charge in [0.2, 0.25) is 0 Å². The van der Waals surface area contributed by atoms with Gasteiger partial charge in [-0.05, 0) is 43.2 Å². The molecular formula is C18H15BrN2O3S. The van der Waals surface area contributed by atoms with Gasteiger partial charge in [0, 0.05) is 9.35 Å². The van der Waals surface area contributed by atoms with Crippen LogP contribution in [0.3, 0.4) is 0 Å². The summed E-state index contributed by atoms with van der Waals surface area (Å²) in [6.45, 7) is 3.84. The number of aromatic nitrogens is 2. The third-order valence-electron chi connectivity index (χ3n) is 3.88. The molecule has 0 saturated heterocycles. The number of esters is 1. The summed E-state index contributed by atoms with van der Waals surface area (Å²) in [6.07, 6.45) is 1.65. The minimum absolute atomic E-state index is 0.201. The number of hydrogen-bond acceptors (Lipinski definition) is 5. The lowest BCUT2D eigenvalue weighted by Gasteiger charge is -2.06. The van der Waals surface area contributed by atoms with Crippen LogP contribution in [0.25, 0.3) is 21.9 Å². The lowest BCUT2D eigenvalue weighted by molar-refractivity contribution is -0.133. The number of rotatable bonds is 3. The van der Waals surface area contributed by atoms with Gasteiger partial charge in [0.1, 0.15) is 16.2 Å². The Morgan fingerprint density at radius 3 is 2.60 bits per heavy atom. The Kier molecular flexibility index (Phi) is 4.87. The lowest BCUT2D eigenvalue weighted by Crippen LogP contribution is -2.15. The first-order valence-corrected chi connectivity index (χ1v) is 9.07. The van der Waals surface area contributed by atoms with Crippen molar-refractivity contribution in [3.63, 3.8) is 0 Å². The Bertz CT molecular complexity index is 1050. The van der Waals surface area contributed by atoms with Gasteiger partial charge in [0.05, 0.1) is 12.5 Å². The van der Waals surface area contributed by atoms with E-state index in [-0.39, 0.29) is 17.0 Å². The predicted octanol–water partition coefficient (Wildman–Crippen LogP) is 4.08. The van der Waals surface area contributed by atoms with E-state index < -0.39 is 5.97 Å². The van der Waals surface area contributed by atoms with E-state index in [1.54, 1.807) is 6.08 Å². The van der Waals surface area contributed by atoms with Crippen molar-refractivity contribution in [1.82, 2.24) is 9.97 Å². The summed E-state index contributed by atoms with van der Waals surface area (Å²) in [5.41, 5.74) is 1.65. The highest BCUT2D eigenvalue weighted by Crippen LogP contribution is 2.27. The van der Waals surface area contributed by atoms with Gasteiger partial charge in [-0.2, -0.15) is 0 Å². The van der Waals surface area contributed by atoms with E-state index in [2.05, 4.69) is 25.9 Å². The van der Waals surface area contributed by atoms with Crippen LogP contribution in [0.15, 0.2) is 33.5 Å². The minimum atomic E-state index is -0.560. The first-order chi connectivity index (χ1) is 11.9. The van der Waals surface area contributed by atoms with Crippen molar-refractivity contribution in [3.8, 4) is 0 Å². The van der Waals surface area contributed by atoms with E-state index in [1.165, 1.54) is 18.4 Å². The average molecular weight is 419 g/mol. The standard InChI is InChI=1S/C18H15BrN2O3S/c1-9-10(2)25-17-14(9)16(22)20-15(21-17)13(18(23)24-3)8-11-4-6-12(19)7-5-11/h4-8H,1-3H3,(H,20,21,22). The molecule has 0 saturated carbocycles. The summed E-state index contributed by atoms with van der Waals surface area (Å²) in [7, 11) is 1.30. The van der Waals surface area contributed by atoms with Gasteiger partial charge < -0.3 is 9.72 Å². The number of nitrogens with zero attached hydrogens (tertiary/aromatic N) is 1. The number of carbonyl (C=O) groups excluding carboxylic acids is 1. The maximum absolute atomic E-state index is 12.5. The second-order valence-electron chi connectivity index (χ2n) is 5.48. The number of aryl methyl sites for hydroxylation is 2. The van der Waals surface area contributed by atoms with Crippen molar-refractivity contribution < 1.29 is 9.53 Å². The highest BCUT2D eigenvalue weighted by molar-refractivity contribution is 9.10. The predicted molar refractivity (Wildman–Crippen MR) is 104 cm³/mol. The van der Waals surface area contributed by atoms with Crippen LogP contribution in [-0.4, -0.2) is 23.0 Å². The zero-order valence-electron chi connectivity index (χ0n) is 13.8. The zero-order chi connectivity index (χ0) is 18.1. The van der Waals surface area contributed by atoms with E-state index in [9.17, 15) is 9.59 Å². The van der Waals surface area contributed by atoms with E-state index in [0.29, 0.717) is 10.2 Å². The molecule has 0 aliphatic heterocycles. The molecule has 0 atom stereocenters. The number of thiophene rings is 1. The van der Waals surface area contributed by atoms with Gasteiger partial charge in [-0.15, -0.1) is 11.3 Å². The molecule has 3 aromatic rings. The fraction of sp³-hybridized carbons (Fsp3) is 0.167. The fourth-order valence-electron chi connectivity index (χ4n) is 2.44. The molecule has 1 aromatic carbocycles. The number of benzene rings is 1. The van der Waals surface area contributed by atoms with Crippen LogP contribution in [0.5, 0.6) is 0 Å². The Hall–Kier alpha value is -2.25. The van der Waals surface area contributed by atoms with Gasteiger partial charge in [-0.25, -0.2) is 9.78 Å². The number of ether oxygens (including phenoxy) is 1. The zero-order valence-corrected chi connectivity index (χ0v) is 16.2. The molecule has 0 bridgehead atoms. The maximum atomic E-state index is 12.5. The molecule has 1 N–H and O–H groups in total. The fourth-order valence-corrected chi connectivity index (χ4v) is 3.74. The SMILES string of the molecule is COC(=O)C(=Cc1ccc(Br)cc1)c1nc2sc(C)c(C)c2c(=O)[nH]1. The number of halogens is 1. The average Bonchev–Trinajstić information content (AvgIpc) is 2.88. The normalized spacial score (nSPS) is 11.8. The first kappa shape index (κ1) is 17.6. The van der Waals surface area contributed by atoms with Gasteiger partial charge in [0.25, 0.3) is 5.56 Å². The van der Waals surface area contributed by atoms with E-state index >= 15 is 0 Å². The molecule has 0 spiro atoms. The van der Waals surface area contributed by atoms with E-state index in [0.717, 1.165) is 20.5 Å². The van der Waals surface area contributed by atoms with Crippen molar-refractivity contribution in [2.45, 2.75) is 13.8 Å². The number of H-pyrrole nitrogens is 1. The van der Waals surface area contributed by atoms with Crippen LogP contribution >= 0.6 is 27.3 Å². The van der Waals surface area contributed by atoms with Crippen LogP contribution in [-0.2, 0) is 9.53 Å². The van der Waals surface area contributed by atoms with Gasteiger partial charge in [-0.1, -0.05) is 28.1 Å². The summed E-state index contributed by atoms with van der Waals surface area (Å²) in [5, 5.41) is 0.569. The number of hydrogen-bond donors (Lipinski definition) is 1. The number of fused-ring (bicyclic) bond motifs is 1. The van der Waals surface area contributed by atoms with Crippen molar-refractivity contribution in [2.75, 3.05) is 7.11 Å². The monoisotopic (exact) mass is 418 g/mol. The molecule has 0 aliphatic carbocycles. The molecule has 3 rings (SSSR count). The Balaban J connectivity index is 2.20. The van der Waals surface area contributed by atoms with Crippen LogP contribution in [0.2, 0.25) is 0 Å². The second kappa shape index (κ2) is 6.93. The van der Waals surface area contributed by atoms with Crippen molar-refractivity contribution in [1.29, 1.82) is 0 Å². The number of methoxy groups -OCH3 is 1. The maximum Gasteiger partial charge on any atom is 0.341 e. The highest BCUT2D eigenvalue weighted by atomic mass is 79.9. The van der Waals surface area contributed by atoms with Gasteiger partial charge in [0.15, 0.2) is 0 Å². The summed E-state index contributed by atoms with van der Waals surface area (Å²) in [4.78, 5) is 33.6. The smallest absolute Gasteiger partial charge is 0.341 e. The molecule has 0 amide bonds. The van der Waals surface area contributed by atoms with Crippen LogP contribution in [0, 0.1) is 13.8 Å². The van der Waals surface area contributed by atoms with Crippen LogP contribution in [0.1, 0.15) is 21.8 Å². The molecule has 0 aliphatic rings. The number of nitrogens with one attached hydrogen (secondary N) is 1. The Morgan fingerprint density at radius 1 is 1.28 bits per heavy atom. The lowest BCUT2D eigenvalue weighted by atomic mass is 10.1. The highest BCUT2D eigenvalue weighted by Gasteiger charge is 2.19. The summed E-state index contributed by atoms with van der Waals surface area (Å²) >= 11 is 4.81. The third-order valence-corrected chi connectivity index (χ3v) is 5.51. The van der Waals surface area contributed by atoms with Crippen molar-refractivity contribution in [2.24, 2.45) is 0 Å². The van der Waals surface area contributed by atoms with Crippen molar-refractivity contribution >= 4 is 55.1 Å². The topological polar surface area (TPSA) is 72.0 Å².